The van der Waals surface area contributed by atoms with E-state index in [4.69, 9.17) is 4.74 Å². The number of H-pyrrole nitrogens is 1. The van der Waals surface area contributed by atoms with Crippen molar-refractivity contribution in [2.24, 2.45) is 0 Å². The van der Waals surface area contributed by atoms with Crippen LogP contribution in [0.15, 0.2) is 36.5 Å². The number of anilines is 1. The number of rotatable bonds is 5. The molecule has 2 N–H and O–H groups in total. The Hall–Kier alpha value is -2.77. The minimum absolute atomic E-state index is 0.274. The predicted molar refractivity (Wildman–Crippen MR) is 79.7 cm³/mol. The highest BCUT2D eigenvalue weighted by Crippen LogP contribution is 2.28. The standard InChI is InChI=1S/C16H15F3N2O3/c1-23-13-5-3-10(7-12(13)15(22)24-2)8-20-14-6-4-11(9-21-14)16(17,18)19/h3-7,9H,8H2,1-2H3,(H,20,21)/p+1. The zero-order valence-corrected chi connectivity index (χ0v) is 13.0. The van der Waals surface area contributed by atoms with Crippen molar-refractivity contribution in [1.82, 2.24) is 0 Å². The first-order chi connectivity index (χ1) is 11.3. The van der Waals surface area contributed by atoms with Crippen LogP contribution in [0.1, 0.15) is 21.5 Å². The van der Waals surface area contributed by atoms with Gasteiger partial charge in [-0.15, -0.1) is 0 Å². The van der Waals surface area contributed by atoms with E-state index in [1.807, 2.05) is 0 Å². The lowest BCUT2D eigenvalue weighted by Crippen LogP contribution is -2.16. The number of aromatic nitrogens is 1. The second-order valence-corrected chi connectivity index (χ2v) is 4.87. The van der Waals surface area contributed by atoms with Crippen LogP contribution in [-0.4, -0.2) is 20.2 Å². The normalized spacial score (nSPS) is 11.0. The highest BCUT2D eigenvalue weighted by molar-refractivity contribution is 5.92. The second-order valence-electron chi connectivity index (χ2n) is 4.87. The molecule has 0 unspecified atom stereocenters. The largest absolute Gasteiger partial charge is 0.496 e. The van der Waals surface area contributed by atoms with E-state index < -0.39 is 17.7 Å². The fourth-order valence-corrected chi connectivity index (χ4v) is 2.04. The fourth-order valence-electron chi connectivity index (χ4n) is 2.04. The van der Waals surface area contributed by atoms with E-state index in [1.54, 1.807) is 18.2 Å². The number of carbonyl (C=O) groups is 1. The van der Waals surface area contributed by atoms with Crippen molar-refractivity contribution < 1.29 is 32.4 Å². The Morgan fingerprint density at radius 3 is 2.50 bits per heavy atom. The van der Waals surface area contributed by atoms with Crippen LogP contribution >= 0.6 is 0 Å². The van der Waals surface area contributed by atoms with E-state index in [0.717, 1.165) is 17.8 Å². The Morgan fingerprint density at radius 1 is 1.21 bits per heavy atom. The van der Waals surface area contributed by atoms with Gasteiger partial charge >= 0.3 is 12.1 Å². The molecule has 0 spiro atoms. The van der Waals surface area contributed by atoms with Crippen molar-refractivity contribution in [1.29, 1.82) is 0 Å². The highest BCUT2D eigenvalue weighted by atomic mass is 19.4. The summed E-state index contributed by atoms with van der Waals surface area (Å²) < 4.78 is 47.3. The van der Waals surface area contributed by atoms with E-state index in [0.29, 0.717) is 18.1 Å². The summed E-state index contributed by atoms with van der Waals surface area (Å²) in [6.07, 6.45) is -3.50. The Labute approximate surface area is 136 Å². The molecule has 0 aliphatic heterocycles. The van der Waals surface area contributed by atoms with Crippen molar-refractivity contribution in [2.45, 2.75) is 12.7 Å². The van der Waals surface area contributed by atoms with Crippen LogP contribution in [0.25, 0.3) is 0 Å². The molecule has 8 heteroatoms. The van der Waals surface area contributed by atoms with Gasteiger partial charge in [0, 0.05) is 6.07 Å². The van der Waals surface area contributed by atoms with Crippen LogP contribution in [0.3, 0.4) is 0 Å². The SMILES string of the molecule is COC(=O)c1cc(CNc2ccc(C(F)(F)F)c[nH+]2)ccc1OC. The number of carbonyl (C=O) groups excluding carboxylic acids is 1. The molecule has 128 valence electrons. The maximum absolute atomic E-state index is 12.5. The van der Waals surface area contributed by atoms with E-state index >= 15 is 0 Å². The summed E-state index contributed by atoms with van der Waals surface area (Å²) in [6.45, 7) is 0.301. The van der Waals surface area contributed by atoms with Crippen LogP contribution < -0.4 is 15.0 Å². The van der Waals surface area contributed by atoms with Crippen LogP contribution in [0.4, 0.5) is 19.0 Å². The third kappa shape index (κ3) is 4.15. The molecule has 0 amide bonds. The summed E-state index contributed by atoms with van der Waals surface area (Å²) in [5.74, 6) is 0.264. The second kappa shape index (κ2) is 7.20. The molecule has 1 aromatic carbocycles. The first-order valence-electron chi connectivity index (χ1n) is 6.93. The zero-order valence-electron chi connectivity index (χ0n) is 13.0. The molecule has 0 bridgehead atoms. The number of ether oxygens (including phenoxy) is 2. The lowest BCUT2D eigenvalue weighted by atomic mass is 10.1. The maximum atomic E-state index is 12.5. The van der Waals surface area contributed by atoms with Gasteiger partial charge in [0.05, 0.1) is 19.8 Å². The van der Waals surface area contributed by atoms with Gasteiger partial charge in [-0.2, -0.15) is 13.2 Å². The summed E-state index contributed by atoms with van der Waals surface area (Å²) in [4.78, 5) is 14.3. The number of aromatic amines is 1. The summed E-state index contributed by atoms with van der Waals surface area (Å²) in [5, 5.41) is 2.95. The lowest BCUT2D eigenvalue weighted by molar-refractivity contribution is -0.364. The Balaban J connectivity index is 2.10. The van der Waals surface area contributed by atoms with E-state index in [9.17, 15) is 18.0 Å². The molecule has 5 nitrogen and oxygen atoms in total. The Morgan fingerprint density at radius 2 is 1.96 bits per heavy atom. The minimum Gasteiger partial charge on any atom is -0.496 e. The van der Waals surface area contributed by atoms with Crippen molar-refractivity contribution >= 4 is 11.8 Å². The maximum Gasteiger partial charge on any atom is 0.419 e. The van der Waals surface area contributed by atoms with Gasteiger partial charge in [0.2, 0.25) is 0 Å². The van der Waals surface area contributed by atoms with Crippen LogP contribution in [-0.2, 0) is 17.5 Å². The summed E-state index contributed by atoms with van der Waals surface area (Å²) >= 11 is 0. The molecular formula is C16H16F3N2O3+. The molecule has 0 saturated heterocycles. The van der Waals surface area contributed by atoms with Crippen molar-refractivity contribution in [3.05, 3.63) is 53.2 Å². The summed E-state index contributed by atoms with van der Waals surface area (Å²) in [7, 11) is 2.71. The molecule has 0 aliphatic rings. The first kappa shape index (κ1) is 17.6. The van der Waals surface area contributed by atoms with E-state index in [1.165, 1.54) is 20.3 Å². The topological polar surface area (TPSA) is 61.7 Å². The quantitative estimate of drug-likeness (QED) is 0.850. The number of alkyl halides is 3. The average molecular weight is 341 g/mol. The van der Waals surface area contributed by atoms with E-state index in [-0.39, 0.29) is 5.56 Å². The molecule has 0 saturated carbocycles. The minimum atomic E-state index is -4.39. The summed E-state index contributed by atoms with van der Waals surface area (Å²) in [5.41, 5.74) is 0.255. The number of hydrogen-bond donors (Lipinski definition) is 1. The van der Waals surface area contributed by atoms with Gasteiger partial charge in [-0.3, -0.25) is 5.32 Å². The van der Waals surface area contributed by atoms with Crippen LogP contribution in [0.2, 0.25) is 0 Å². The fraction of sp³-hybridized carbons (Fsp3) is 0.250. The number of halogens is 3. The van der Waals surface area contributed by atoms with Gasteiger partial charge in [-0.05, 0) is 23.8 Å². The number of methoxy groups -OCH3 is 2. The van der Waals surface area contributed by atoms with E-state index in [2.05, 4.69) is 15.0 Å². The molecule has 1 heterocycles. The molecule has 0 atom stereocenters. The number of esters is 1. The Bertz CT molecular complexity index is 715. The summed E-state index contributed by atoms with van der Waals surface area (Å²) in [6, 6.07) is 7.24. The number of hydrogen-bond acceptors (Lipinski definition) is 4. The molecule has 2 rings (SSSR count). The molecule has 0 radical (unpaired) electrons. The third-order valence-corrected chi connectivity index (χ3v) is 3.29. The monoisotopic (exact) mass is 341 g/mol. The molecule has 1 aromatic heterocycles. The number of nitrogens with one attached hydrogen (secondary N) is 2. The smallest absolute Gasteiger partial charge is 0.419 e. The molecule has 2 aromatic rings. The van der Waals surface area contributed by atoms with Gasteiger partial charge < -0.3 is 9.47 Å². The van der Waals surface area contributed by atoms with Crippen molar-refractivity contribution in [2.75, 3.05) is 19.5 Å². The van der Waals surface area contributed by atoms with Crippen molar-refractivity contribution in [3.8, 4) is 5.75 Å². The third-order valence-electron chi connectivity index (χ3n) is 3.29. The van der Waals surface area contributed by atoms with Gasteiger partial charge in [0.25, 0.3) is 5.82 Å². The lowest BCUT2D eigenvalue weighted by Gasteiger charge is -2.09. The predicted octanol–water partition coefficient (Wildman–Crippen LogP) is 2.93. The number of pyridine rings is 1. The zero-order chi connectivity index (χ0) is 17.7. The highest BCUT2D eigenvalue weighted by Gasteiger charge is 2.31. The molecule has 0 aliphatic carbocycles. The van der Waals surface area contributed by atoms with Gasteiger partial charge in [-0.1, -0.05) is 6.07 Å². The van der Waals surface area contributed by atoms with Gasteiger partial charge in [0.15, 0.2) is 0 Å². The number of benzene rings is 1. The molecule has 0 fully saturated rings. The van der Waals surface area contributed by atoms with Gasteiger partial charge in [0.1, 0.15) is 24.1 Å². The van der Waals surface area contributed by atoms with Crippen molar-refractivity contribution in [3.63, 3.8) is 0 Å². The van der Waals surface area contributed by atoms with Gasteiger partial charge in [-0.25, -0.2) is 9.78 Å². The Kier molecular flexibility index (Phi) is 5.28. The first-order valence-corrected chi connectivity index (χ1v) is 6.93. The average Bonchev–Trinajstić information content (AvgIpc) is 2.58. The molecule has 24 heavy (non-hydrogen) atoms. The van der Waals surface area contributed by atoms with Crippen LogP contribution in [0.5, 0.6) is 5.75 Å². The molecular weight excluding hydrogens is 325 g/mol. The van der Waals surface area contributed by atoms with Crippen LogP contribution in [0, 0.1) is 0 Å².